The number of aromatic carboxylic acids is 1. The van der Waals surface area contributed by atoms with Gasteiger partial charge in [0.2, 0.25) is 0 Å². The van der Waals surface area contributed by atoms with Gasteiger partial charge in [-0.15, -0.1) is 0 Å². The highest BCUT2D eigenvalue weighted by Crippen LogP contribution is 2.02. The zero-order valence-corrected chi connectivity index (χ0v) is 8.65. The minimum atomic E-state index is -1.14. The molecule has 15 heavy (non-hydrogen) atoms. The topological polar surface area (TPSA) is 84.2 Å². The Kier molecular flexibility index (Phi) is 3.43. The van der Waals surface area contributed by atoms with Gasteiger partial charge in [0.1, 0.15) is 5.69 Å². The van der Waals surface area contributed by atoms with E-state index in [-0.39, 0.29) is 17.3 Å². The second kappa shape index (κ2) is 4.59. The van der Waals surface area contributed by atoms with Crippen LogP contribution in [-0.2, 0) is 7.05 Å². The van der Waals surface area contributed by atoms with E-state index in [2.05, 4.69) is 10.4 Å². The first kappa shape index (κ1) is 11.2. The molecule has 0 fully saturated rings. The second-order valence-electron chi connectivity index (χ2n) is 3.10. The molecule has 6 heteroatoms. The van der Waals surface area contributed by atoms with Crippen LogP contribution in [0.15, 0.2) is 6.07 Å². The molecule has 0 saturated carbocycles. The lowest BCUT2D eigenvalue weighted by Crippen LogP contribution is -2.26. The lowest BCUT2D eigenvalue weighted by atomic mass is 10.3. The lowest BCUT2D eigenvalue weighted by Gasteiger charge is -2.02. The van der Waals surface area contributed by atoms with Gasteiger partial charge in [0.15, 0.2) is 5.69 Å². The molecule has 0 aromatic carbocycles. The van der Waals surface area contributed by atoms with Gasteiger partial charge < -0.3 is 10.4 Å². The number of nitrogens with one attached hydrogen (secondary N) is 1. The van der Waals surface area contributed by atoms with Crippen LogP contribution >= 0.6 is 0 Å². The van der Waals surface area contributed by atoms with Crippen LogP contribution in [0.2, 0.25) is 0 Å². The fourth-order valence-electron chi connectivity index (χ4n) is 1.11. The summed E-state index contributed by atoms with van der Waals surface area (Å²) >= 11 is 0. The first-order chi connectivity index (χ1) is 7.06. The Balaban J connectivity index is 2.85. The van der Waals surface area contributed by atoms with Gasteiger partial charge in [-0.25, -0.2) is 4.79 Å². The van der Waals surface area contributed by atoms with Crippen LogP contribution in [-0.4, -0.2) is 33.3 Å². The molecule has 1 amide bonds. The van der Waals surface area contributed by atoms with E-state index in [1.807, 2.05) is 6.92 Å². The molecule has 0 atom stereocenters. The van der Waals surface area contributed by atoms with E-state index in [4.69, 9.17) is 5.11 Å². The number of carboxylic acid groups (broad SMARTS) is 1. The first-order valence-electron chi connectivity index (χ1n) is 4.61. The molecular formula is C9H13N3O3. The van der Waals surface area contributed by atoms with Crippen LogP contribution in [0.4, 0.5) is 0 Å². The number of hydrogen-bond donors (Lipinski definition) is 2. The number of aromatic nitrogens is 2. The summed E-state index contributed by atoms with van der Waals surface area (Å²) in [5.74, 6) is -1.44. The minimum absolute atomic E-state index is 0.126. The molecule has 0 aliphatic carbocycles. The smallest absolute Gasteiger partial charge is 0.356 e. The molecule has 0 aliphatic heterocycles. The molecule has 1 aromatic heterocycles. The third-order valence-electron chi connectivity index (χ3n) is 1.87. The van der Waals surface area contributed by atoms with Gasteiger partial charge in [0.05, 0.1) is 0 Å². The van der Waals surface area contributed by atoms with Crippen molar-refractivity contribution < 1.29 is 14.7 Å². The predicted molar refractivity (Wildman–Crippen MR) is 52.8 cm³/mol. The quantitative estimate of drug-likeness (QED) is 0.748. The number of nitrogens with zero attached hydrogens (tertiary/aromatic N) is 2. The van der Waals surface area contributed by atoms with Crippen LogP contribution in [0.1, 0.15) is 34.3 Å². The van der Waals surface area contributed by atoms with Crippen LogP contribution < -0.4 is 5.32 Å². The zero-order chi connectivity index (χ0) is 11.4. The Morgan fingerprint density at radius 2 is 2.27 bits per heavy atom. The maximum atomic E-state index is 11.5. The van der Waals surface area contributed by atoms with E-state index in [1.165, 1.54) is 17.8 Å². The van der Waals surface area contributed by atoms with Crippen molar-refractivity contribution in [3.8, 4) is 0 Å². The maximum absolute atomic E-state index is 11.5. The summed E-state index contributed by atoms with van der Waals surface area (Å²) in [6, 6.07) is 1.26. The molecule has 1 rings (SSSR count). The summed E-state index contributed by atoms with van der Waals surface area (Å²) in [5, 5.41) is 15.0. The maximum Gasteiger partial charge on any atom is 0.356 e. The van der Waals surface area contributed by atoms with E-state index >= 15 is 0 Å². The van der Waals surface area contributed by atoms with E-state index in [1.54, 1.807) is 0 Å². The largest absolute Gasteiger partial charge is 0.476 e. The Morgan fingerprint density at radius 1 is 1.60 bits per heavy atom. The molecule has 0 unspecified atom stereocenters. The average Bonchev–Trinajstić information content (AvgIpc) is 2.57. The molecule has 6 nitrogen and oxygen atoms in total. The van der Waals surface area contributed by atoms with Gasteiger partial charge in [-0.1, -0.05) is 6.92 Å². The standard InChI is InChI=1S/C9H13N3O3/c1-3-4-10-8(13)7-5-6(9(14)15)11-12(7)2/h5H,3-4H2,1-2H3,(H,10,13)(H,14,15). The van der Waals surface area contributed by atoms with Gasteiger partial charge in [-0.3, -0.25) is 9.48 Å². The Hall–Kier alpha value is -1.85. The Labute approximate surface area is 86.9 Å². The van der Waals surface area contributed by atoms with E-state index in [9.17, 15) is 9.59 Å². The molecule has 1 aromatic rings. The molecule has 1 heterocycles. The highest BCUT2D eigenvalue weighted by atomic mass is 16.4. The van der Waals surface area contributed by atoms with Crippen molar-refractivity contribution in [1.82, 2.24) is 15.1 Å². The summed E-state index contributed by atoms with van der Waals surface area (Å²) in [7, 11) is 1.54. The monoisotopic (exact) mass is 211 g/mol. The van der Waals surface area contributed by atoms with Crippen molar-refractivity contribution in [1.29, 1.82) is 0 Å². The van der Waals surface area contributed by atoms with Gasteiger partial charge in [-0.2, -0.15) is 5.10 Å². The van der Waals surface area contributed by atoms with E-state index in [0.29, 0.717) is 6.54 Å². The molecule has 0 bridgehead atoms. The number of rotatable bonds is 4. The first-order valence-corrected chi connectivity index (χ1v) is 4.61. The van der Waals surface area contributed by atoms with Crippen molar-refractivity contribution in [3.05, 3.63) is 17.5 Å². The van der Waals surface area contributed by atoms with Gasteiger partial charge >= 0.3 is 5.97 Å². The predicted octanol–water partition coefficient (Wildman–Crippen LogP) is 0.258. The average molecular weight is 211 g/mol. The molecule has 0 spiro atoms. The molecule has 0 radical (unpaired) electrons. The van der Waals surface area contributed by atoms with Crippen LogP contribution in [0, 0.1) is 0 Å². The highest BCUT2D eigenvalue weighted by molar-refractivity contribution is 5.95. The molecular weight excluding hydrogens is 198 g/mol. The third kappa shape index (κ3) is 2.55. The van der Waals surface area contributed by atoms with Crippen molar-refractivity contribution in [2.45, 2.75) is 13.3 Å². The van der Waals surface area contributed by atoms with Gasteiger partial charge in [-0.05, 0) is 6.42 Å². The summed E-state index contributed by atoms with van der Waals surface area (Å²) in [6.45, 7) is 2.50. The van der Waals surface area contributed by atoms with Crippen LogP contribution in [0.25, 0.3) is 0 Å². The number of carboxylic acids is 1. The number of hydrogen-bond acceptors (Lipinski definition) is 3. The van der Waals surface area contributed by atoms with Crippen molar-refractivity contribution in [3.63, 3.8) is 0 Å². The van der Waals surface area contributed by atoms with Crippen LogP contribution in [0.3, 0.4) is 0 Å². The SMILES string of the molecule is CCCNC(=O)c1cc(C(=O)O)nn1C. The zero-order valence-electron chi connectivity index (χ0n) is 8.65. The van der Waals surface area contributed by atoms with Gasteiger partial charge in [0, 0.05) is 19.7 Å². The Bertz CT molecular complexity index is 384. The van der Waals surface area contributed by atoms with Crippen molar-refractivity contribution in [2.24, 2.45) is 7.05 Å². The van der Waals surface area contributed by atoms with Crippen LogP contribution in [0.5, 0.6) is 0 Å². The second-order valence-corrected chi connectivity index (χ2v) is 3.10. The van der Waals surface area contributed by atoms with Gasteiger partial charge in [0.25, 0.3) is 5.91 Å². The molecule has 0 saturated heterocycles. The fourth-order valence-corrected chi connectivity index (χ4v) is 1.11. The number of amides is 1. The normalized spacial score (nSPS) is 10.0. The van der Waals surface area contributed by atoms with E-state index < -0.39 is 5.97 Å². The van der Waals surface area contributed by atoms with E-state index in [0.717, 1.165) is 6.42 Å². The number of carbonyl (C=O) groups excluding carboxylic acids is 1. The van der Waals surface area contributed by atoms with Crippen molar-refractivity contribution in [2.75, 3.05) is 6.54 Å². The third-order valence-corrected chi connectivity index (χ3v) is 1.87. The number of aryl methyl sites for hydroxylation is 1. The van der Waals surface area contributed by atoms with Crippen molar-refractivity contribution >= 4 is 11.9 Å². The minimum Gasteiger partial charge on any atom is -0.476 e. The summed E-state index contributed by atoms with van der Waals surface area (Å²) < 4.78 is 1.26. The summed E-state index contributed by atoms with van der Waals surface area (Å²) in [4.78, 5) is 22.1. The molecule has 82 valence electrons. The fraction of sp³-hybridized carbons (Fsp3) is 0.444. The summed E-state index contributed by atoms with van der Waals surface area (Å²) in [5.41, 5.74) is 0.125. The summed E-state index contributed by atoms with van der Waals surface area (Å²) in [6.07, 6.45) is 0.829. The lowest BCUT2D eigenvalue weighted by molar-refractivity contribution is 0.0689. The highest BCUT2D eigenvalue weighted by Gasteiger charge is 2.15. The number of carbonyl (C=O) groups is 2. The molecule has 2 N–H and O–H groups in total. The Morgan fingerprint density at radius 3 is 2.73 bits per heavy atom. The molecule has 0 aliphatic rings.